The lowest BCUT2D eigenvalue weighted by atomic mass is 9.95. The molecule has 0 aliphatic heterocycles. The summed E-state index contributed by atoms with van der Waals surface area (Å²) in [6.07, 6.45) is 0.593. The summed E-state index contributed by atoms with van der Waals surface area (Å²) in [5.74, 6) is -4.02. The molecular formula is C24H22ClNO6. The molecule has 2 atom stereocenters. The van der Waals surface area contributed by atoms with Crippen LogP contribution in [-0.2, 0) is 11.2 Å². The number of carboxylic acid groups (broad SMARTS) is 2. The summed E-state index contributed by atoms with van der Waals surface area (Å²) in [5.41, 5.74) is 2.86. The first-order valence-electron chi connectivity index (χ1n) is 9.94. The van der Waals surface area contributed by atoms with Gasteiger partial charge in [-0.2, -0.15) is 0 Å². The molecule has 0 saturated heterocycles. The largest absolute Gasteiger partial charge is 0.481 e. The van der Waals surface area contributed by atoms with E-state index >= 15 is 0 Å². The van der Waals surface area contributed by atoms with Crippen molar-refractivity contribution in [2.24, 2.45) is 5.92 Å². The van der Waals surface area contributed by atoms with Crippen LogP contribution in [0.1, 0.15) is 40.0 Å². The van der Waals surface area contributed by atoms with Gasteiger partial charge in [0.2, 0.25) is 5.76 Å². The second kappa shape index (κ2) is 10.2. The van der Waals surface area contributed by atoms with Crippen molar-refractivity contribution >= 4 is 29.4 Å². The Balaban J connectivity index is 1.75. The van der Waals surface area contributed by atoms with Gasteiger partial charge in [-0.25, -0.2) is 4.79 Å². The van der Waals surface area contributed by atoms with E-state index in [1.54, 1.807) is 13.0 Å². The van der Waals surface area contributed by atoms with E-state index in [0.717, 1.165) is 16.7 Å². The minimum atomic E-state index is -1.28. The topological polar surface area (TPSA) is 117 Å². The van der Waals surface area contributed by atoms with E-state index in [2.05, 4.69) is 5.32 Å². The normalized spacial score (nSPS) is 12.7. The summed E-state index contributed by atoms with van der Waals surface area (Å²) in [7, 11) is 0. The van der Waals surface area contributed by atoms with E-state index in [0.29, 0.717) is 11.4 Å². The molecule has 0 spiro atoms. The Labute approximate surface area is 189 Å². The van der Waals surface area contributed by atoms with E-state index in [1.807, 2.05) is 42.5 Å². The molecule has 0 aliphatic carbocycles. The van der Waals surface area contributed by atoms with Crippen LogP contribution in [0.4, 0.5) is 0 Å². The van der Waals surface area contributed by atoms with E-state index < -0.39 is 29.8 Å². The molecule has 0 unspecified atom stereocenters. The van der Waals surface area contributed by atoms with Gasteiger partial charge < -0.3 is 19.9 Å². The molecule has 3 rings (SSSR count). The Kier molecular flexibility index (Phi) is 7.33. The molecule has 3 N–H and O–H groups in total. The summed E-state index contributed by atoms with van der Waals surface area (Å²) in [4.78, 5) is 34.9. The fourth-order valence-electron chi connectivity index (χ4n) is 3.34. The number of halogens is 1. The zero-order valence-electron chi connectivity index (χ0n) is 17.2. The molecule has 0 fully saturated rings. The third-order valence-electron chi connectivity index (χ3n) is 5.03. The zero-order valence-corrected chi connectivity index (χ0v) is 18.0. The number of hydrogen-bond acceptors (Lipinski definition) is 4. The Bertz CT molecular complexity index is 1120. The Morgan fingerprint density at radius 2 is 1.66 bits per heavy atom. The maximum absolute atomic E-state index is 12.5. The van der Waals surface area contributed by atoms with Crippen LogP contribution in [0, 0.1) is 5.92 Å². The van der Waals surface area contributed by atoms with Gasteiger partial charge >= 0.3 is 11.9 Å². The molecule has 3 aromatic rings. The number of carboxylic acids is 2. The standard InChI is InChI=1S/C24H22ClNO6/c1-14(23(28)29)11-19(26-22(27)20-9-10-21(32-20)24(30)31)12-15-5-7-16(8-6-15)17-3-2-4-18(25)13-17/h2-10,13-14,19H,11-12H2,1H3,(H,26,27)(H,28,29)(H,30,31)/t14-,19+/m1/s1. The number of carbonyl (C=O) groups is 3. The average Bonchev–Trinajstić information content (AvgIpc) is 3.25. The maximum atomic E-state index is 12.5. The molecule has 0 saturated carbocycles. The van der Waals surface area contributed by atoms with Gasteiger partial charge in [0.15, 0.2) is 5.76 Å². The minimum absolute atomic E-state index is 0.147. The van der Waals surface area contributed by atoms with E-state index in [9.17, 15) is 19.5 Å². The van der Waals surface area contributed by atoms with Crippen molar-refractivity contribution in [3.8, 4) is 11.1 Å². The second-order valence-corrected chi connectivity index (χ2v) is 7.96. The first-order valence-corrected chi connectivity index (χ1v) is 10.3. The number of aromatic carboxylic acids is 1. The Morgan fingerprint density at radius 3 is 2.25 bits per heavy atom. The highest BCUT2D eigenvalue weighted by molar-refractivity contribution is 6.30. The fraction of sp³-hybridized carbons (Fsp3) is 0.208. The van der Waals surface area contributed by atoms with Crippen molar-refractivity contribution in [2.75, 3.05) is 0 Å². The van der Waals surface area contributed by atoms with E-state index in [1.165, 1.54) is 12.1 Å². The highest BCUT2D eigenvalue weighted by atomic mass is 35.5. The quantitative estimate of drug-likeness (QED) is 0.428. The van der Waals surface area contributed by atoms with Gasteiger partial charge in [-0.15, -0.1) is 0 Å². The third-order valence-corrected chi connectivity index (χ3v) is 5.26. The van der Waals surface area contributed by atoms with Crippen molar-refractivity contribution in [2.45, 2.75) is 25.8 Å². The zero-order chi connectivity index (χ0) is 23.3. The molecule has 0 radical (unpaired) electrons. The maximum Gasteiger partial charge on any atom is 0.371 e. The monoisotopic (exact) mass is 455 g/mol. The van der Waals surface area contributed by atoms with Gasteiger partial charge in [0.05, 0.1) is 5.92 Å². The highest BCUT2D eigenvalue weighted by Gasteiger charge is 2.23. The van der Waals surface area contributed by atoms with Crippen LogP contribution in [-0.4, -0.2) is 34.1 Å². The number of benzene rings is 2. The van der Waals surface area contributed by atoms with Crippen molar-refractivity contribution in [1.29, 1.82) is 0 Å². The van der Waals surface area contributed by atoms with Crippen LogP contribution in [0.25, 0.3) is 11.1 Å². The number of aliphatic carboxylic acids is 1. The predicted octanol–water partition coefficient (Wildman–Crippen LogP) is 4.75. The molecule has 0 aliphatic rings. The van der Waals surface area contributed by atoms with Crippen molar-refractivity contribution in [3.05, 3.63) is 82.8 Å². The van der Waals surface area contributed by atoms with Crippen LogP contribution in [0.2, 0.25) is 5.02 Å². The molecule has 2 aromatic carbocycles. The molecule has 8 heteroatoms. The van der Waals surface area contributed by atoms with Crippen molar-refractivity contribution < 1.29 is 29.0 Å². The molecule has 7 nitrogen and oxygen atoms in total. The van der Waals surface area contributed by atoms with Gasteiger partial charge in [0, 0.05) is 11.1 Å². The summed E-state index contributed by atoms with van der Waals surface area (Å²) in [6, 6.07) is 17.2. The summed E-state index contributed by atoms with van der Waals surface area (Å²) in [5, 5.41) is 21.7. The van der Waals surface area contributed by atoms with E-state index in [-0.39, 0.29) is 17.9 Å². The fourth-order valence-corrected chi connectivity index (χ4v) is 3.53. The van der Waals surface area contributed by atoms with Crippen LogP contribution >= 0.6 is 11.6 Å². The second-order valence-electron chi connectivity index (χ2n) is 7.53. The number of hydrogen-bond donors (Lipinski definition) is 3. The molecule has 1 heterocycles. The molecule has 32 heavy (non-hydrogen) atoms. The lowest BCUT2D eigenvalue weighted by Crippen LogP contribution is -2.38. The molecule has 166 valence electrons. The third kappa shape index (κ3) is 5.98. The van der Waals surface area contributed by atoms with Crippen molar-refractivity contribution in [1.82, 2.24) is 5.32 Å². The van der Waals surface area contributed by atoms with Crippen LogP contribution < -0.4 is 5.32 Å². The van der Waals surface area contributed by atoms with Gasteiger partial charge in [0.25, 0.3) is 5.91 Å². The number of amides is 1. The highest BCUT2D eigenvalue weighted by Crippen LogP contribution is 2.24. The van der Waals surface area contributed by atoms with Gasteiger partial charge in [0.1, 0.15) is 0 Å². The smallest absolute Gasteiger partial charge is 0.371 e. The Morgan fingerprint density at radius 1 is 0.969 bits per heavy atom. The number of carbonyl (C=O) groups excluding carboxylic acids is 1. The number of nitrogens with one attached hydrogen (secondary N) is 1. The first kappa shape index (κ1) is 23.1. The SMILES string of the molecule is C[C@H](C[C@@H](Cc1ccc(-c2cccc(Cl)c2)cc1)NC(=O)c1ccc(C(=O)O)o1)C(=O)O. The molecule has 0 bridgehead atoms. The average molecular weight is 456 g/mol. The van der Waals surface area contributed by atoms with Gasteiger partial charge in [-0.05, 0) is 53.8 Å². The summed E-state index contributed by atoms with van der Waals surface area (Å²) >= 11 is 6.06. The Hall–Kier alpha value is -3.58. The molecular weight excluding hydrogens is 434 g/mol. The molecule has 1 amide bonds. The van der Waals surface area contributed by atoms with Crippen LogP contribution in [0.15, 0.2) is 65.1 Å². The molecule has 1 aromatic heterocycles. The summed E-state index contributed by atoms with van der Waals surface area (Å²) < 4.78 is 5.05. The first-order chi connectivity index (χ1) is 15.2. The minimum Gasteiger partial charge on any atom is -0.481 e. The van der Waals surface area contributed by atoms with Crippen LogP contribution in [0.5, 0.6) is 0 Å². The predicted molar refractivity (Wildman–Crippen MR) is 119 cm³/mol. The number of furan rings is 1. The van der Waals surface area contributed by atoms with Crippen LogP contribution in [0.3, 0.4) is 0 Å². The van der Waals surface area contributed by atoms with Crippen molar-refractivity contribution in [3.63, 3.8) is 0 Å². The lowest BCUT2D eigenvalue weighted by molar-refractivity contribution is -0.141. The van der Waals surface area contributed by atoms with Gasteiger partial charge in [-0.1, -0.05) is 54.9 Å². The number of rotatable bonds is 9. The van der Waals surface area contributed by atoms with Gasteiger partial charge in [-0.3, -0.25) is 9.59 Å². The summed E-state index contributed by atoms with van der Waals surface area (Å²) in [6.45, 7) is 1.57. The lowest BCUT2D eigenvalue weighted by Gasteiger charge is -2.20. The van der Waals surface area contributed by atoms with E-state index in [4.69, 9.17) is 21.1 Å².